The second kappa shape index (κ2) is 36.3. The lowest BCUT2D eigenvalue weighted by Crippen LogP contribution is -2.46. The normalized spacial score (nSPS) is 23.6. The Morgan fingerprint density at radius 3 is 0.993 bits per heavy atom. The highest BCUT2D eigenvalue weighted by molar-refractivity contribution is 6.16. The number of carbonyl (C=O) groups is 19. The van der Waals surface area contributed by atoms with Gasteiger partial charge in [0.2, 0.25) is 88.6 Å². The molecule has 23 rings (SSSR count). The van der Waals surface area contributed by atoms with Crippen LogP contribution in [0.5, 0.6) is 23.0 Å². The summed E-state index contributed by atoms with van der Waals surface area (Å²) >= 11 is 0. The molecule has 3 unspecified atom stereocenters. The van der Waals surface area contributed by atoms with Crippen molar-refractivity contribution in [3.8, 4) is 23.0 Å². The van der Waals surface area contributed by atoms with Gasteiger partial charge in [-0.15, -0.1) is 0 Å². The molecule has 7 atom stereocenters. The lowest BCUT2D eigenvalue weighted by Gasteiger charge is -2.28. The van der Waals surface area contributed by atoms with E-state index in [0.717, 1.165) is 33.9 Å². The van der Waals surface area contributed by atoms with Gasteiger partial charge in [0.05, 0.1) is 76.8 Å². The van der Waals surface area contributed by atoms with Crippen molar-refractivity contribution in [2.24, 2.45) is 5.73 Å². The number of furan rings is 4. The number of nitrogens with zero attached hydrogens (tertiary/aromatic N) is 4. The summed E-state index contributed by atoms with van der Waals surface area (Å²) in [6, 6.07) is 44.1. The quantitative estimate of drug-likeness (QED) is 0.0284. The summed E-state index contributed by atoms with van der Waals surface area (Å²) in [5.41, 5.74) is 5.79. The Bertz CT molecular complexity index is 7980. The summed E-state index contributed by atoms with van der Waals surface area (Å²) in [6.07, 6.45) is -0.0106. The number of imide groups is 7. The summed E-state index contributed by atoms with van der Waals surface area (Å²) in [7, 11) is 6.07. The van der Waals surface area contributed by atoms with Crippen molar-refractivity contribution >= 4 is 156 Å². The summed E-state index contributed by atoms with van der Waals surface area (Å²) in [5.74, 6) is -5.72. The molecule has 148 heavy (non-hydrogen) atoms. The minimum atomic E-state index is -1.59. The number of halogens is 1. The predicted octanol–water partition coefficient (Wildman–Crippen LogP) is 7.69. The third-order valence-corrected chi connectivity index (χ3v) is 30.5. The maximum absolute atomic E-state index is 15.4. The van der Waals surface area contributed by atoms with Crippen LogP contribution in [-0.2, 0) is 142 Å². The van der Waals surface area contributed by atoms with E-state index in [-0.39, 0.29) is 179 Å². The second-order valence-corrected chi connectivity index (χ2v) is 39.4. The number of nitrogens with one attached hydrogen (secondary N) is 7. The molecule has 11 aliphatic heterocycles. The zero-order chi connectivity index (χ0) is 105. The van der Waals surface area contributed by atoms with E-state index < -0.39 is 109 Å². The summed E-state index contributed by atoms with van der Waals surface area (Å²) in [4.78, 5) is 247. The van der Waals surface area contributed by atoms with Crippen LogP contribution in [0, 0.1) is 12.7 Å². The van der Waals surface area contributed by atoms with Gasteiger partial charge in [-0.3, -0.25) is 128 Å². The zero-order valence-corrected chi connectivity index (χ0v) is 81.0. The molecule has 39 nitrogen and oxygen atoms in total. The fourth-order valence-corrected chi connectivity index (χ4v) is 22.4. The molecule has 0 aliphatic carbocycles. The summed E-state index contributed by atoms with van der Waals surface area (Å²) < 4.78 is 60.5. The molecule has 40 heteroatoms. The van der Waals surface area contributed by atoms with Gasteiger partial charge < -0.3 is 61.9 Å². The van der Waals surface area contributed by atoms with Crippen LogP contribution in [-0.4, -0.2) is 186 Å². The van der Waals surface area contributed by atoms with E-state index in [2.05, 4.69) is 37.2 Å². The Balaban J connectivity index is 0.000000120. The average Bonchev–Trinajstić information content (AvgIpc) is 1.55. The number of methoxy groups -OCH3 is 4. The molecular weight excluding hydrogens is 1920 g/mol. The Hall–Kier alpha value is -17.6. The first kappa shape index (κ1) is 97.8. The van der Waals surface area contributed by atoms with Gasteiger partial charge in [-0.25, -0.2) is 4.39 Å². The average molecular weight is 2010 g/mol. The third kappa shape index (κ3) is 16.3. The maximum atomic E-state index is 15.4. The van der Waals surface area contributed by atoms with Crippen molar-refractivity contribution < 1.29 is 132 Å². The molecule has 7 fully saturated rings. The number of amides is 19. The molecule has 8 aromatic carbocycles. The van der Waals surface area contributed by atoms with Crippen LogP contribution in [0.4, 0.5) is 4.39 Å². The smallest absolute Gasteiger partial charge is 0.254 e. The predicted molar refractivity (Wildman–Crippen MR) is 516 cm³/mol. The van der Waals surface area contributed by atoms with E-state index in [4.69, 9.17) is 42.3 Å². The van der Waals surface area contributed by atoms with Gasteiger partial charge in [-0.2, -0.15) is 0 Å². The lowest BCUT2D eigenvalue weighted by molar-refractivity contribution is -0.128. The fraction of sp³-hybridized carbons (Fsp3) is 0.306. The van der Waals surface area contributed by atoms with Gasteiger partial charge in [0.1, 0.15) is 84.4 Å². The van der Waals surface area contributed by atoms with Gasteiger partial charge in [0.25, 0.3) is 23.6 Å². The number of aryl methyl sites for hydroxylation is 1. The van der Waals surface area contributed by atoms with Gasteiger partial charge in [0, 0.05) is 115 Å². The van der Waals surface area contributed by atoms with Crippen molar-refractivity contribution in [1.29, 1.82) is 0 Å². The van der Waals surface area contributed by atoms with Crippen molar-refractivity contribution in [2.75, 3.05) is 54.6 Å². The number of fused-ring (bicyclic) bond motifs is 8. The fourth-order valence-electron chi connectivity index (χ4n) is 22.4. The van der Waals surface area contributed by atoms with Crippen LogP contribution in [0.15, 0.2) is 175 Å². The van der Waals surface area contributed by atoms with Crippen LogP contribution in [0.2, 0.25) is 0 Å². The number of benzene rings is 8. The Morgan fingerprint density at radius 2 is 0.655 bits per heavy atom. The first-order valence-corrected chi connectivity index (χ1v) is 47.5. The number of rotatable bonds is 23. The third-order valence-electron chi connectivity index (χ3n) is 30.5. The molecule has 4 aromatic heterocycles. The molecule has 11 aliphatic rings. The maximum Gasteiger partial charge on any atom is 0.254 e. The Labute approximate surface area is 839 Å². The second-order valence-electron chi connectivity index (χ2n) is 39.4. The highest BCUT2D eigenvalue weighted by atomic mass is 19.1. The molecular formula is C108H95FN12O27. The molecule has 12 aromatic rings. The van der Waals surface area contributed by atoms with Gasteiger partial charge in [-0.05, 0) is 198 Å². The first-order chi connectivity index (χ1) is 70.6. The highest BCUT2D eigenvalue weighted by Crippen LogP contribution is 2.50. The minimum absolute atomic E-state index is 0.0195. The molecule has 15 heterocycles. The molecule has 0 bridgehead atoms. The van der Waals surface area contributed by atoms with Crippen molar-refractivity contribution in [1.82, 2.24) is 56.8 Å². The SMILES string of the molecule is CCC1(c2cc(F)c3oc([C@]4(CN5Cc6ccc(OC)cc6C5=O)CC(=O)NC4=O)cc3c2)CC(=O)NC1=O.CCC1(c2ccc3oc([C@]4(CN5Cc6ccc(OC)cc6C5=O)CC(=O)NC4=O)cc3c2)CC(=O)NC1=O.COc1ccc2c(c1)C(=O)N(C[C@@]1(c3cc4cc(C5(C)CC(=O)NC5=O)c(C)cc4o3)CC(=O)NC1=O)C2.COc1ccc2c(c1)C(=O)N(C[C@@]1(c3cc4cc(CC(N)=O)ccc4o3)CC(=O)NC1=O)C2. The Morgan fingerprint density at radius 1 is 0.345 bits per heavy atom. The molecule has 0 saturated carbocycles. The Kier molecular flexibility index (Phi) is 24.0. The number of nitrogens with two attached hydrogens (primary N) is 1. The molecule has 7 saturated heterocycles. The van der Waals surface area contributed by atoms with Crippen LogP contribution in [0.3, 0.4) is 0 Å². The van der Waals surface area contributed by atoms with Gasteiger partial charge in [0.15, 0.2) is 11.4 Å². The first-order valence-electron chi connectivity index (χ1n) is 47.5. The topological polar surface area (TPSA) is 537 Å². The van der Waals surface area contributed by atoms with Crippen molar-refractivity contribution in [2.45, 2.75) is 156 Å². The monoisotopic (exact) mass is 2010 g/mol. The van der Waals surface area contributed by atoms with E-state index in [9.17, 15) is 91.1 Å². The summed E-state index contributed by atoms with van der Waals surface area (Å²) in [6.45, 7) is 7.93. The van der Waals surface area contributed by atoms with E-state index in [1.165, 1.54) is 39.4 Å². The highest BCUT2D eigenvalue weighted by Gasteiger charge is 2.60. The molecule has 0 spiro atoms. The van der Waals surface area contributed by atoms with E-state index in [1.807, 2.05) is 32.0 Å². The van der Waals surface area contributed by atoms with E-state index in [0.29, 0.717) is 119 Å². The minimum Gasteiger partial charge on any atom is -0.497 e. The molecule has 756 valence electrons. The number of primary amides is 1. The van der Waals surface area contributed by atoms with Crippen LogP contribution in [0.1, 0.15) is 193 Å². The zero-order valence-electron chi connectivity index (χ0n) is 81.0. The molecule has 0 radical (unpaired) electrons. The van der Waals surface area contributed by atoms with E-state index >= 15 is 4.39 Å². The standard InChI is InChI=1S/C28H24FN3O7.2C28H25N3O7.C24H21N3O6/c1-3-27(10-21(33)30-25(27)36)16-6-15-7-20(39-23(15)19(29)8-16)28(11-22(34)31-26(28)37)13-32-12-14-4-5-17(38-2)9-18(14)24(32)35;1-14-6-20-16(7-19(14)27(2)10-22(32)29-25(27)35)8-21(38-20)28(11-23(33)30-26(28)36)13-31-12-15-4-5-17(37-3)9-18(15)24(31)34;1-3-27(11-22(32)29-25(27)35)17-5-7-20-16(8-17)9-21(38-20)28(12-23(33)30-26(28)36)14-31-13-15-4-6-18(37-2)10-19(15)24(31)34;1-32-16-4-3-14-11-27(22(30)17(14)9-16)12-24(10-21(29)26-23(24)31)19-8-15-6-13(7-20(25)28)2-5-18(15)33-19/h4-9H,3,10-13H2,1-2H3,(H,30,33,36)(H,31,34,37);4-9H,10-13H2,1-3H3,(H,29,32,35)(H,30,33,36);4-10H,3,11-14H2,1-2H3,(H,29,32,35)(H,30,33,36);2-6,8-9H,7,10-12H2,1H3,(H2,25,28)(H,26,29,31)/t3*27?,28-;24-/m1111/s1. The van der Waals surface area contributed by atoms with Gasteiger partial charge >= 0.3 is 0 Å². The van der Waals surface area contributed by atoms with Crippen LogP contribution >= 0.6 is 0 Å². The number of hydrogen-bond donors (Lipinski definition) is 8. The largest absolute Gasteiger partial charge is 0.497 e. The number of hydrogen-bond acceptors (Lipinski definition) is 27. The molecule has 9 N–H and O–H groups in total. The number of ether oxygens (including phenoxy) is 4. The number of carbonyl (C=O) groups excluding carboxylic acids is 19. The lowest BCUT2D eigenvalue weighted by atomic mass is 9.76. The van der Waals surface area contributed by atoms with Crippen molar-refractivity contribution in [3.05, 3.63) is 259 Å². The van der Waals surface area contributed by atoms with Gasteiger partial charge in [-0.1, -0.05) is 50.2 Å². The van der Waals surface area contributed by atoms with Crippen LogP contribution in [0.25, 0.3) is 43.9 Å². The summed E-state index contributed by atoms with van der Waals surface area (Å²) in [5, 5.41) is 18.7. The van der Waals surface area contributed by atoms with E-state index in [1.54, 1.807) is 156 Å². The molecule has 19 amide bonds. The van der Waals surface area contributed by atoms with Crippen molar-refractivity contribution in [3.63, 3.8) is 0 Å². The van der Waals surface area contributed by atoms with Crippen LogP contribution < -0.4 is 61.9 Å².